The van der Waals surface area contributed by atoms with Crippen molar-refractivity contribution in [2.45, 2.75) is 25.8 Å². The van der Waals surface area contributed by atoms with Crippen molar-refractivity contribution in [1.82, 2.24) is 24.5 Å². The van der Waals surface area contributed by atoms with E-state index in [2.05, 4.69) is 72.4 Å². The second-order valence-electron chi connectivity index (χ2n) is 6.93. The molecule has 27 heavy (non-hydrogen) atoms. The van der Waals surface area contributed by atoms with Gasteiger partial charge in [-0.3, -0.25) is 9.25 Å². The largest absolute Gasteiger partial charge is 0.361 e. The number of halogens is 1. The van der Waals surface area contributed by atoms with Gasteiger partial charge in [-0.2, -0.15) is 5.10 Å². The topological polar surface area (TPSA) is 60.6 Å². The number of hydrogen-bond donors (Lipinski definition) is 1. The summed E-state index contributed by atoms with van der Waals surface area (Å²) in [5, 5.41) is 18.2. The van der Waals surface area contributed by atoms with Crippen molar-refractivity contribution in [3.63, 3.8) is 0 Å². The molecule has 0 saturated heterocycles. The minimum absolute atomic E-state index is 0.136. The zero-order chi connectivity index (χ0) is 18.5. The molecular weight excluding hydrogens is 404 g/mol. The predicted molar refractivity (Wildman–Crippen MR) is 109 cm³/mol. The van der Waals surface area contributed by atoms with Crippen LogP contribution in [0.1, 0.15) is 29.7 Å². The molecule has 1 N–H and O–H groups in total. The first-order chi connectivity index (χ1) is 13.1. The molecule has 3 heterocycles. The highest BCUT2D eigenvalue weighted by molar-refractivity contribution is 9.10. The van der Waals surface area contributed by atoms with E-state index in [4.69, 9.17) is 5.10 Å². The van der Waals surface area contributed by atoms with Crippen molar-refractivity contribution in [1.29, 1.82) is 0 Å². The molecule has 0 saturated carbocycles. The predicted octanol–water partition coefficient (Wildman–Crippen LogP) is 4.32. The lowest BCUT2D eigenvalue weighted by Crippen LogP contribution is -2.13. The van der Waals surface area contributed by atoms with Gasteiger partial charge in [-0.05, 0) is 49.2 Å². The molecule has 7 heteroatoms. The van der Waals surface area contributed by atoms with Gasteiger partial charge in [-0.25, -0.2) is 0 Å². The first-order valence-electron chi connectivity index (χ1n) is 9.01. The van der Waals surface area contributed by atoms with E-state index >= 15 is 0 Å². The number of fused-ring (bicyclic) bond motifs is 4. The number of benzene rings is 2. The Morgan fingerprint density at radius 3 is 2.89 bits per heavy atom. The van der Waals surface area contributed by atoms with Crippen molar-refractivity contribution in [3.05, 3.63) is 64.1 Å². The molecule has 0 spiro atoms. The van der Waals surface area contributed by atoms with E-state index in [1.807, 2.05) is 24.7 Å². The quantitative estimate of drug-likeness (QED) is 0.522. The maximum absolute atomic E-state index is 4.72. The van der Waals surface area contributed by atoms with Gasteiger partial charge in [0.15, 0.2) is 5.82 Å². The number of aromatic nitrogens is 5. The Morgan fingerprint density at radius 1 is 1.15 bits per heavy atom. The van der Waals surface area contributed by atoms with Crippen molar-refractivity contribution in [3.8, 4) is 5.69 Å². The van der Waals surface area contributed by atoms with E-state index in [0.717, 1.165) is 51.4 Å². The molecule has 2 aromatic carbocycles. The summed E-state index contributed by atoms with van der Waals surface area (Å²) in [5.74, 6) is 2.84. The number of nitrogens with zero attached hydrogens (tertiary/aromatic N) is 5. The molecule has 0 bridgehead atoms. The fourth-order valence-corrected chi connectivity index (χ4v) is 4.33. The lowest BCUT2D eigenvalue weighted by molar-refractivity contribution is 0.678. The van der Waals surface area contributed by atoms with Gasteiger partial charge in [-0.1, -0.05) is 28.1 Å². The van der Waals surface area contributed by atoms with Crippen LogP contribution in [0.4, 0.5) is 5.82 Å². The number of hydrogen-bond acceptors (Lipinski definition) is 4. The van der Waals surface area contributed by atoms with Gasteiger partial charge in [0.05, 0.1) is 17.2 Å². The van der Waals surface area contributed by atoms with Crippen LogP contribution in [0.25, 0.3) is 16.6 Å². The van der Waals surface area contributed by atoms with Gasteiger partial charge in [-0.15, -0.1) is 10.2 Å². The Bertz CT molecular complexity index is 1160. The highest BCUT2D eigenvalue weighted by atomic mass is 79.9. The van der Waals surface area contributed by atoms with E-state index in [0.29, 0.717) is 0 Å². The van der Waals surface area contributed by atoms with Crippen LogP contribution in [0, 0.1) is 6.92 Å². The van der Waals surface area contributed by atoms with Crippen LogP contribution >= 0.6 is 15.9 Å². The molecule has 1 atom stereocenters. The summed E-state index contributed by atoms with van der Waals surface area (Å²) in [6, 6.07) is 14.8. The zero-order valence-electron chi connectivity index (χ0n) is 15.1. The third-order valence-corrected chi connectivity index (χ3v) is 5.72. The summed E-state index contributed by atoms with van der Waals surface area (Å²) in [4.78, 5) is 0. The Labute approximate surface area is 165 Å². The molecule has 136 valence electrons. The maximum atomic E-state index is 4.72. The summed E-state index contributed by atoms with van der Waals surface area (Å²) in [6.07, 6.45) is 1.78. The van der Waals surface area contributed by atoms with Gasteiger partial charge >= 0.3 is 0 Å². The van der Waals surface area contributed by atoms with Crippen LogP contribution < -0.4 is 5.32 Å². The molecule has 1 unspecified atom stereocenters. The normalized spacial score (nSPS) is 16.0. The number of para-hydroxylation sites is 1. The SMILES string of the molecule is Cc1nnc2n1-c1ccc(Br)cc1C(Nc1nn(C)c3ccccc13)CC2. The molecule has 4 aromatic rings. The van der Waals surface area contributed by atoms with Crippen molar-refractivity contribution >= 4 is 32.7 Å². The van der Waals surface area contributed by atoms with Crippen molar-refractivity contribution in [2.75, 3.05) is 5.32 Å². The van der Waals surface area contributed by atoms with Gasteiger partial charge in [0.1, 0.15) is 11.6 Å². The van der Waals surface area contributed by atoms with Crippen molar-refractivity contribution < 1.29 is 0 Å². The van der Waals surface area contributed by atoms with Crippen LogP contribution in [0.2, 0.25) is 0 Å². The van der Waals surface area contributed by atoms with Gasteiger partial charge in [0.2, 0.25) is 0 Å². The van der Waals surface area contributed by atoms with Gasteiger partial charge in [0.25, 0.3) is 0 Å². The molecule has 0 amide bonds. The van der Waals surface area contributed by atoms with Gasteiger partial charge in [0, 0.05) is 23.3 Å². The fraction of sp³-hybridized carbons (Fsp3) is 0.250. The molecule has 2 aromatic heterocycles. The minimum Gasteiger partial charge on any atom is -0.361 e. The van der Waals surface area contributed by atoms with Crippen LogP contribution in [-0.4, -0.2) is 24.5 Å². The highest BCUT2D eigenvalue weighted by Crippen LogP contribution is 2.36. The lowest BCUT2D eigenvalue weighted by Gasteiger charge is -2.20. The monoisotopic (exact) mass is 422 g/mol. The summed E-state index contributed by atoms with van der Waals surface area (Å²) in [7, 11) is 1.98. The molecule has 0 radical (unpaired) electrons. The Morgan fingerprint density at radius 2 is 2.00 bits per heavy atom. The van der Waals surface area contributed by atoms with Crippen LogP contribution in [0.5, 0.6) is 0 Å². The Hall–Kier alpha value is -2.67. The number of nitrogens with one attached hydrogen (secondary N) is 1. The number of aryl methyl sites for hydroxylation is 3. The lowest BCUT2D eigenvalue weighted by atomic mass is 10.0. The molecular formula is C20H19BrN6. The first kappa shape index (κ1) is 16.5. The average Bonchev–Trinajstić information content (AvgIpc) is 3.14. The second-order valence-corrected chi connectivity index (χ2v) is 7.84. The summed E-state index contributed by atoms with van der Waals surface area (Å²) < 4.78 is 5.16. The van der Waals surface area contributed by atoms with Gasteiger partial charge < -0.3 is 5.32 Å². The van der Waals surface area contributed by atoms with Crippen LogP contribution in [0.3, 0.4) is 0 Å². The second kappa shape index (κ2) is 6.20. The number of rotatable bonds is 2. The summed E-state index contributed by atoms with van der Waals surface area (Å²) in [5.41, 5.74) is 3.47. The third kappa shape index (κ3) is 2.65. The van der Waals surface area contributed by atoms with Crippen molar-refractivity contribution in [2.24, 2.45) is 7.05 Å². The highest BCUT2D eigenvalue weighted by Gasteiger charge is 2.26. The van der Waals surface area contributed by atoms with E-state index in [9.17, 15) is 0 Å². The standard InChI is InChI=1S/C20H19BrN6/c1-12-23-24-19-10-8-16(15-11-13(21)7-9-18(15)27(12)19)22-20-14-5-3-4-6-17(14)26(2)25-20/h3-7,9,11,16H,8,10H2,1-2H3,(H,22,25). The van der Waals surface area contributed by atoms with E-state index < -0.39 is 0 Å². The fourth-order valence-electron chi connectivity index (χ4n) is 3.95. The maximum Gasteiger partial charge on any atom is 0.156 e. The molecule has 0 aliphatic carbocycles. The Balaban J connectivity index is 1.63. The average molecular weight is 423 g/mol. The van der Waals surface area contributed by atoms with Crippen LogP contribution in [-0.2, 0) is 13.5 Å². The summed E-state index contributed by atoms with van der Waals surface area (Å²) in [6.45, 7) is 2.00. The molecule has 1 aliphatic rings. The van der Waals surface area contributed by atoms with E-state index in [1.165, 1.54) is 5.56 Å². The molecule has 5 rings (SSSR count). The molecule has 1 aliphatic heterocycles. The molecule has 6 nitrogen and oxygen atoms in total. The smallest absolute Gasteiger partial charge is 0.156 e. The zero-order valence-corrected chi connectivity index (χ0v) is 16.7. The van der Waals surface area contributed by atoms with Crippen LogP contribution in [0.15, 0.2) is 46.9 Å². The minimum atomic E-state index is 0.136. The Kier molecular flexibility index (Phi) is 3.79. The summed E-state index contributed by atoms with van der Waals surface area (Å²) >= 11 is 3.63. The third-order valence-electron chi connectivity index (χ3n) is 5.22. The first-order valence-corrected chi connectivity index (χ1v) is 9.80. The molecule has 0 fully saturated rings. The van der Waals surface area contributed by atoms with E-state index in [1.54, 1.807) is 0 Å². The van der Waals surface area contributed by atoms with E-state index in [-0.39, 0.29) is 6.04 Å². The number of anilines is 1.